The minimum Gasteiger partial charge on any atom is -0.337 e. The number of thiazole rings is 1. The molecule has 0 spiro atoms. The van der Waals surface area contributed by atoms with Gasteiger partial charge >= 0.3 is 0 Å². The summed E-state index contributed by atoms with van der Waals surface area (Å²) in [5.41, 5.74) is 1.06. The third kappa shape index (κ3) is 3.60. The van der Waals surface area contributed by atoms with E-state index in [-0.39, 0.29) is 11.9 Å². The van der Waals surface area contributed by atoms with E-state index >= 15 is 0 Å². The van der Waals surface area contributed by atoms with Gasteiger partial charge in [0.25, 0.3) is 0 Å². The molecule has 0 unspecified atom stereocenters. The molecule has 1 heterocycles. The van der Waals surface area contributed by atoms with Crippen LogP contribution in [0.2, 0.25) is 0 Å². The fraction of sp³-hybridized carbons (Fsp3) is 0.750. The first kappa shape index (κ1) is 15.5. The largest absolute Gasteiger partial charge is 0.337 e. The summed E-state index contributed by atoms with van der Waals surface area (Å²) < 4.78 is 0. The van der Waals surface area contributed by atoms with Gasteiger partial charge in [0.2, 0.25) is 5.91 Å². The molecule has 1 aromatic rings. The van der Waals surface area contributed by atoms with Gasteiger partial charge < -0.3 is 4.90 Å². The summed E-state index contributed by atoms with van der Waals surface area (Å²) in [7, 11) is 1.91. The number of hydrogen-bond donors (Lipinski definition) is 0. The summed E-state index contributed by atoms with van der Waals surface area (Å²) in [5, 5.41) is 1.08. The zero-order valence-electron chi connectivity index (χ0n) is 13.1. The van der Waals surface area contributed by atoms with Crippen LogP contribution in [0.5, 0.6) is 0 Å². The van der Waals surface area contributed by atoms with E-state index in [4.69, 9.17) is 0 Å². The lowest BCUT2D eigenvalue weighted by molar-refractivity contribution is -0.132. The first-order chi connectivity index (χ1) is 9.49. The Morgan fingerprint density at radius 3 is 2.60 bits per heavy atom. The molecule has 4 heteroatoms. The molecule has 1 aliphatic carbocycles. The third-order valence-electron chi connectivity index (χ3n) is 4.55. The highest BCUT2D eigenvalue weighted by molar-refractivity contribution is 7.11. The van der Waals surface area contributed by atoms with E-state index in [2.05, 4.69) is 18.8 Å². The molecule has 1 aromatic heterocycles. The number of carbonyl (C=O) groups is 1. The molecule has 1 fully saturated rings. The third-order valence-corrected chi connectivity index (χ3v) is 5.45. The van der Waals surface area contributed by atoms with Gasteiger partial charge in [-0.3, -0.25) is 4.79 Å². The van der Waals surface area contributed by atoms with Crippen molar-refractivity contribution in [3.8, 4) is 0 Å². The lowest BCUT2D eigenvalue weighted by Crippen LogP contribution is -2.30. The molecule has 0 saturated heterocycles. The molecule has 0 radical (unpaired) electrons. The summed E-state index contributed by atoms with van der Waals surface area (Å²) in [4.78, 5) is 20.0. The summed E-state index contributed by atoms with van der Waals surface area (Å²) in [6, 6.07) is 0.0797. The maximum atomic E-state index is 12.3. The van der Waals surface area contributed by atoms with Crippen LogP contribution in [0.3, 0.4) is 0 Å². The van der Waals surface area contributed by atoms with Crippen LogP contribution >= 0.6 is 11.3 Å². The molecule has 2 rings (SSSR count). The Kier molecular flexibility index (Phi) is 5.19. The number of hydrogen-bond acceptors (Lipinski definition) is 3. The summed E-state index contributed by atoms with van der Waals surface area (Å²) in [5.74, 6) is 1.04. The number of rotatable bonds is 5. The van der Waals surface area contributed by atoms with Crippen molar-refractivity contribution in [1.29, 1.82) is 0 Å². The van der Waals surface area contributed by atoms with Gasteiger partial charge in [0.1, 0.15) is 0 Å². The maximum Gasteiger partial charge on any atom is 0.222 e. The second-order valence-corrected chi connectivity index (χ2v) is 7.45. The fourth-order valence-corrected chi connectivity index (χ4v) is 4.04. The molecule has 0 aliphatic heterocycles. The van der Waals surface area contributed by atoms with Crippen LogP contribution < -0.4 is 0 Å². The molecule has 0 bridgehead atoms. The zero-order valence-corrected chi connectivity index (χ0v) is 13.9. The smallest absolute Gasteiger partial charge is 0.222 e. The Hall–Kier alpha value is -0.900. The van der Waals surface area contributed by atoms with Crippen LogP contribution in [0, 0.1) is 19.8 Å². The van der Waals surface area contributed by atoms with E-state index in [1.165, 1.54) is 30.6 Å². The topological polar surface area (TPSA) is 33.2 Å². The molecule has 1 atom stereocenters. The Labute approximate surface area is 126 Å². The van der Waals surface area contributed by atoms with Crippen molar-refractivity contribution in [3.05, 3.63) is 15.6 Å². The Morgan fingerprint density at radius 1 is 1.40 bits per heavy atom. The Morgan fingerprint density at radius 2 is 2.05 bits per heavy atom. The van der Waals surface area contributed by atoms with Crippen molar-refractivity contribution >= 4 is 17.2 Å². The molecule has 20 heavy (non-hydrogen) atoms. The summed E-state index contributed by atoms with van der Waals surface area (Å²) in [6.07, 6.45) is 7.08. The molecular formula is C16H26N2OS. The van der Waals surface area contributed by atoms with Crippen molar-refractivity contribution in [2.75, 3.05) is 7.05 Å². The molecule has 112 valence electrons. The van der Waals surface area contributed by atoms with E-state index in [9.17, 15) is 4.79 Å². The van der Waals surface area contributed by atoms with Gasteiger partial charge in [-0.2, -0.15) is 0 Å². The van der Waals surface area contributed by atoms with Gasteiger partial charge in [-0.05, 0) is 33.1 Å². The van der Waals surface area contributed by atoms with Crippen molar-refractivity contribution in [2.24, 2.45) is 5.92 Å². The highest BCUT2D eigenvalue weighted by Crippen LogP contribution is 2.30. The van der Waals surface area contributed by atoms with Crippen LogP contribution in [0.25, 0.3) is 0 Å². The highest BCUT2D eigenvalue weighted by Gasteiger charge is 2.23. The average Bonchev–Trinajstić information content (AvgIpc) is 3.03. The molecule has 3 nitrogen and oxygen atoms in total. The SMILES string of the molecule is Cc1nc([C@@H](C)N(C)C(=O)CCC2CCCC2)c(C)s1. The van der Waals surface area contributed by atoms with Gasteiger partial charge in [0.05, 0.1) is 16.7 Å². The Balaban J connectivity index is 1.90. The number of aromatic nitrogens is 1. The normalized spacial score (nSPS) is 17.4. The average molecular weight is 294 g/mol. The minimum absolute atomic E-state index is 0.0797. The number of carbonyl (C=O) groups excluding carboxylic acids is 1. The molecule has 1 aliphatic rings. The lowest BCUT2D eigenvalue weighted by Gasteiger charge is -2.25. The number of aryl methyl sites for hydroxylation is 2. The van der Waals surface area contributed by atoms with Crippen LogP contribution in [-0.2, 0) is 4.79 Å². The van der Waals surface area contributed by atoms with Gasteiger partial charge in [-0.25, -0.2) is 4.98 Å². The first-order valence-corrected chi connectivity index (χ1v) is 8.50. The summed E-state index contributed by atoms with van der Waals surface area (Å²) in [6.45, 7) is 6.19. The predicted molar refractivity (Wildman–Crippen MR) is 84.0 cm³/mol. The van der Waals surface area contributed by atoms with Crippen molar-refractivity contribution in [1.82, 2.24) is 9.88 Å². The van der Waals surface area contributed by atoms with Crippen molar-refractivity contribution in [2.45, 2.75) is 65.3 Å². The Bertz CT molecular complexity index is 463. The molecule has 1 amide bonds. The predicted octanol–water partition coefficient (Wildman–Crippen LogP) is 4.25. The maximum absolute atomic E-state index is 12.3. The lowest BCUT2D eigenvalue weighted by atomic mass is 10.0. The second kappa shape index (κ2) is 6.70. The standard InChI is InChI=1S/C16H26N2OS/c1-11(16-12(2)20-13(3)17-16)18(4)15(19)10-9-14-7-5-6-8-14/h11,14H,5-10H2,1-4H3/t11-/m1/s1. The fourth-order valence-electron chi connectivity index (χ4n) is 3.14. The van der Waals surface area contributed by atoms with E-state index in [0.717, 1.165) is 23.0 Å². The zero-order chi connectivity index (χ0) is 14.7. The van der Waals surface area contributed by atoms with E-state index in [1.807, 2.05) is 18.9 Å². The monoisotopic (exact) mass is 294 g/mol. The second-order valence-electron chi connectivity index (χ2n) is 6.04. The van der Waals surface area contributed by atoms with E-state index in [1.54, 1.807) is 11.3 Å². The van der Waals surface area contributed by atoms with E-state index < -0.39 is 0 Å². The number of nitrogens with zero attached hydrogens (tertiary/aromatic N) is 2. The minimum atomic E-state index is 0.0797. The van der Waals surface area contributed by atoms with Crippen LogP contribution in [0.15, 0.2) is 0 Å². The molecular weight excluding hydrogens is 268 g/mol. The highest BCUT2D eigenvalue weighted by atomic mass is 32.1. The molecule has 0 aromatic carbocycles. The van der Waals surface area contributed by atoms with E-state index in [0.29, 0.717) is 6.42 Å². The van der Waals surface area contributed by atoms with Gasteiger partial charge in [-0.1, -0.05) is 25.7 Å². The number of amides is 1. The van der Waals surface area contributed by atoms with Crippen LogP contribution in [0.1, 0.15) is 67.1 Å². The summed E-state index contributed by atoms with van der Waals surface area (Å²) >= 11 is 1.71. The van der Waals surface area contributed by atoms with Crippen molar-refractivity contribution < 1.29 is 4.79 Å². The van der Waals surface area contributed by atoms with Gasteiger partial charge in [-0.15, -0.1) is 11.3 Å². The van der Waals surface area contributed by atoms with Crippen LogP contribution in [0.4, 0.5) is 0 Å². The van der Waals surface area contributed by atoms with Gasteiger partial charge in [0.15, 0.2) is 0 Å². The molecule has 1 saturated carbocycles. The van der Waals surface area contributed by atoms with Gasteiger partial charge in [0, 0.05) is 18.3 Å². The quantitative estimate of drug-likeness (QED) is 0.813. The van der Waals surface area contributed by atoms with Crippen molar-refractivity contribution in [3.63, 3.8) is 0 Å². The first-order valence-electron chi connectivity index (χ1n) is 7.68. The molecule has 0 N–H and O–H groups in total. The van der Waals surface area contributed by atoms with Crippen LogP contribution in [-0.4, -0.2) is 22.8 Å².